The van der Waals surface area contributed by atoms with Gasteiger partial charge in [-0.15, -0.1) is 5.10 Å². The van der Waals surface area contributed by atoms with Gasteiger partial charge >= 0.3 is 0 Å². The molecule has 0 bridgehead atoms. The number of phenols is 1. The first-order chi connectivity index (χ1) is 16.0. The number of aromatic nitrogens is 4. The molecule has 9 nitrogen and oxygen atoms in total. The third kappa shape index (κ3) is 6.02. The summed E-state index contributed by atoms with van der Waals surface area (Å²) < 4.78 is 7.35. The lowest BCUT2D eigenvalue weighted by molar-refractivity contribution is -0.130. The van der Waals surface area contributed by atoms with Crippen LogP contribution >= 0.6 is 11.8 Å². The predicted octanol–water partition coefficient (Wildman–Crippen LogP) is 2.73. The van der Waals surface area contributed by atoms with Crippen LogP contribution in [0.15, 0.2) is 53.7 Å². The summed E-state index contributed by atoms with van der Waals surface area (Å²) in [6.07, 6.45) is 2.07. The lowest BCUT2D eigenvalue weighted by Crippen LogP contribution is -2.38. The Balaban J connectivity index is 1.44. The van der Waals surface area contributed by atoms with Gasteiger partial charge in [0, 0.05) is 39.5 Å². The number of phenolic OH excluding ortho intramolecular Hbond substituents is 1. The van der Waals surface area contributed by atoms with E-state index in [-0.39, 0.29) is 23.5 Å². The van der Waals surface area contributed by atoms with Gasteiger partial charge < -0.3 is 19.6 Å². The number of carbonyl (C=O) groups is 1. The molecule has 0 saturated carbocycles. The minimum Gasteiger partial charge on any atom is -0.508 e. The SMILES string of the molecule is CN(C)c1ccc(CN(C[C@H]2CCCO2)C(=O)CSc2nnnn2-c2ccc(O)cc2)cc1. The van der Waals surface area contributed by atoms with Gasteiger partial charge in [0.15, 0.2) is 0 Å². The monoisotopic (exact) mass is 468 g/mol. The molecule has 10 heteroatoms. The minimum atomic E-state index is 0.00689. The van der Waals surface area contributed by atoms with E-state index in [1.165, 1.54) is 11.8 Å². The molecule has 1 atom stereocenters. The van der Waals surface area contributed by atoms with E-state index in [9.17, 15) is 9.90 Å². The molecule has 1 saturated heterocycles. The molecule has 2 heterocycles. The molecule has 2 aromatic carbocycles. The van der Waals surface area contributed by atoms with Crippen LogP contribution in [0.2, 0.25) is 0 Å². The number of amides is 1. The highest BCUT2D eigenvalue weighted by Gasteiger charge is 2.23. The Hall–Kier alpha value is -3.11. The highest BCUT2D eigenvalue weighted by molar-refractivity contribution is 7.99. The summed E-state index contributed by atoms with van der Waals surface area (Å²) in [7, 11) is 4.01. The fourth-order valence-electron chi connectivity index (χ4n) is 3.65. The van der Waals surface area contributed by atoms with Crippen molar-refractivity contribution in [1.82, 2.24) is 25.1 Å². The number of ether oxygens (including phenoxy) is 1. The van der Waals surface area contributed by atoms with E-state index in [1.807, 2.05) is 23.9 Å². The Morgan fingerprint density at radius 3 is 2.61 bits per heavy atom. The Kier molecular flexibility index (Phi) is 7.46. The summed E-state index contributed by atoms with van der Waals surface area (Å²) in [5.74, 6) is 0.382. The number of hydrogen-bond donors (Lipinski definition) is 1. The third-order valence-corrected chi connectivity index (χ3v) is 6.39. The number of anilines is 1. The van der Waals surface area contributed by atoms with Crippen molar-refractivity contribution in [3.05, 3.63) is 54.1 Å². The molecule has 1 aliphatic rings. The zero-order valence-corrected chi connectivity index (χ0v) is 19.6. The van der Waals surface area contributed by atoms with Crippen molar-refractivity contribution < 1.29 is 14.6 Å². The number of hydrogen-bond acceptors (Lipinski definition) is 8. The number of benzene rings is 2. The second kappa shape index (κ2) is 10.7. The minimum absolute atomic E-state index is 0.00689. The van der Waals surface area contributed by atoms with E-state index < -0.39 is 0 Å². The Morgan fingerprint density at radius 1 is 1.18 bits per heavy atom. The van der Waals surface area contributed by atoms with Crippen LogP contribution in [0, 0.1) is 0 Å². The molecule has 1 fully saturated rings. The van der Waals surface area contributed by atoms with Gasteiger partial charge in [0.25, 0.3) is 0 Å². The summed E-state index contributed by atoms with van der Waals surface area (Å²) in [4.78, 5) is 17.1. The molecular formula is C23H28N6O3S. The molecule has 3 aromatic rings. The van der Waals surface area contributed by atoms with E-state index >= 15 is 0 Å². The Labute approximate surface area is 197 Å². The average Bonchev–Trinajstić information content (AvgIpc) is 3.50. The van der Waals surface area contributed by atoms with E-state index in [0.717, 1.165) is 30.7 Å². The summed E-state index contributed by atoms with van der Waals surface area (Å²) in [5, 5.41) is 21.9. The fourth-order valence-corrected chi connectivity index (χ4v) is 4.44. The standard InChI is InChI=1S/C23H28N6O3S/c1-27(2)18-7-5-17(6-8-18)14-28(15-21-4-3-13-32-21)22(31)16-33-23-24-25-26-29(23)19-9-11-20(30)12-10-19/h5-12,21,30H,3-4,13-16H2,1-2H3/t21-/m1/s1. The third-order valence-electron chi connectivity index (χ3n) is 5.49. The maximum atomic E-state index is 13.2. The molecule has 1 amide bonds. The summed E-state index contributed by atoms with van der Waals surface area (Å²) in [6.45, 7) is 1.84. The molecule has 1 aliphatic heterocycles. The second-order valence-electron chi connectivity index (χ2n) is 8.15. The van der Waals surface area contributed by atoms with E-state index in [2.05, 4.69) is 39.8 Å². The predicted molar refractivity (Wildman–Crippen MR) is 127 cm³/mol. The van der Waals surface area contributed by atoms with Gasteiger partial charge in [-0.25, -0.2) is 0 Å². The van der Waals surface area contributed by atoms with Gasteiger partial charge in [-0.1, -0.05) is 23.9 Å². The van der Waals surface area contributed by atoms with Crippen molar-refractivity contribution in [2.24, 2.45) is 0 Å². The summed E-state index contributed by atoms with van der Waals surface area (Å²) in [6, 6.07) is 14.8. The summed E-state index contributed by atoms with van der Waals surface area (Å²) in [5.41, 5.74) is 2.91. The highest BCUT2D eigenvalue weighted by Crippen LogP contribution is 2.22. The average molecular weight is 469 g/mol. The van der Waals surface area contributed by atoms with Crippen LogP contribution < -0.4 is 4.90 Å². The van der Waals surface area contributed by atoms with Gasteiger partial charge in [0.2, 0.25) is 11.1 Å². The van der Waals surface area contributed by atoms with Gasteiger partial charge in [-0.3, -0.25) is 4.79 Å². The van der Waals surface area contributed by atoms with Crippen molar-refractivity contribution in [3.63, 3.8) is 0 Å². The van der Waals surface area contributed by atoms with Crippen molar-refractivity contribution >= 4 is 23.4 Å². The Morgan fingerprint density at radius 2 is 1.94 bits per heavy atom. The molecule has 0 unspecified atom stereocenters. The molecule has 1 aromatic heterocycles. The number of tetrazole rings is 1. The summed E-state index contributed by atoms with van der Waals surface area (Å²) >= 11 is 1.29. The van der Waals surface area contributed by atoms with Crippen LogP contribution in [0.4, 0.5) is 5.69 Å². The molecule has 0 spiro atoms. The van der Waals surface area contributed by atoms with Crippen molar-refractivity contribution in [2.45, 2.75) is 30.6 Å². The largest absolute Gasteiger partial charge is 0.508 e. The maximum Gasteiger partial charge on any atom is 0.233 e. The number of carbonyl (C=O) groups excluding carboxylic acids is 1. The van der Waals surface area contributed by atoms with Gasteiger partial charge in [0.1, 0.15) is 5.75 Å². The molecule has 4 rings (SSSR count). The van der Waals surface area contributed by atoms with Crippen LogP contribution in [-0.2, 0) is 16.1 Å². The molecular weight excluding hydrogens is 440 g/mol. The van der Waals surface area contributed by atoms with Crippen LogP contribution in [0.3, 0.4) is 0 Å². The van der Waals surface area contributed by atoms with Crippen molar-refractivity contribution in [3.8, 4) is 11.4 Å². The number of aromatic hydroxyl groups is 1. The van der Waals surface area contributed by atoms with Gasteiger partial charge in [0.05, 0.1) is 17.5 Å². The van der Waals surface area contributed by atoms with E-state index in [4.69, 9.17) is 4.74 Å². The number of rotatable bonds is 9. The molecule has 0 aliphatic carbocycles. The zero-order valence-electron chi connectivity index (χ0n) is 18.8. The quantitative estimate of drug-likeness (QED) is 0.479. The molecule has 174 valence electrons. The maximum absolute atomic E-state index is 13.2. The van der Waals surface area contributed by atoms with E-state index in [0.29, 0.717) is 23.9 Å². The smallest absolute Gasteiger partial charge is 0.233 e. The van der Waals surface area contributed by atoms with Crippen LogP contribution in [-0.4, -0.2) is 75.2 Å². The van der Waals surface area contributed by atoms with Crippen molar-refractivity contribution in [1.29, 1.82) is 0 Å². The van der Waals surface area contributed by atoms with Crippen LogP contribution in [0.1, 0.15) is 18.4 Å². The van der Waals surface area contributed by atoms with Crippen LogP contribution in [0.5, 0.6) is 5.75 Å². The van der Waals surface area contributed by atoms with Gasteiger partial charge in [-0.2, -0.15) is 4.68 Å². The highest BCUT2D eigenvalue weighted by atomic mass is 32.2. The van der Waals surface area contributed by atoms with Gasteiger partial charge in [-0.05, 0) is 65.2 Å². The number of nitrogens with zero attached hydrogens (tertiary/aromatic N) is 6. The van der Waals surface area contributed by atoms with Crippen LogP contribution in [0.25, 0.3) is 5.69 Å². The lowest BCUT2D eigenvalue weighted by atomic mass is 10.1. The van der Waals surface area contributed by atoms with E-state index in [1.54, 1.807) is 28.9 Å². The first-order valence-corrected chi connectivity index (χ1v) is 11.8. The molecule has 1 N–H and O–H groups in total. The van der Waals surface area contributed by atoms with Crippen molar-refractivity contribution in [2.75, 3.05) is 37.9 Å². The second-order valence-corrected chi connectivity index (χ2v) is 9.09. The fraction of sp³-hybridized carbons (Fsp3) is 0.391. The lowest BCUT2D eigenvalue weighted by Gasteiger charge is -2.26. The molecule has 33 heavy (non-hydrogen) atoms. The topological polar surface area (TPSA) is 96.6 Å². The normalized spacial score (nSPS) is 15.5. The zero-order chi connectivity index (χ0) is 23.2. The number of thioether (sulfide) groups is 1. The first kappa shape index (κ1) is 23.1. The first-order valence-electron chi connectivity index (χ1n) is 10.9. The Bertz CT molecular complexity index is 1050. The molecule has 0 radical (unpaired) electrons.